The average molecular weight is 598 g/mol. The third kappa shape index (κ3) is 7.90. The van der Waals surface area contributed by atoms with Gasteiger partial charge in [-0.15, -0.1) is 0 Å². The molecule has 4 aromatic carbocycles. The van der Waals surface area contributed by atoms with E-state index in [4.69, 9.17) is 0 Å². The Morgan fingerprint density at radius 3 is 1.86 bits per heavy atom. The van der Waals surface area contributed by atoms with E-state index in [1.165, 1.54) is 11.9 Å². The molecule has 0 heterocycles. The largest absolute Gasteiger partial charge is 0.357 e. The fourth-order valence-corrected chi connectivity index (χ4v) is 6.31. The van der Waals surface area contributed by atoms with Crippen LogP contribution in [0.5, 0.6) is 0 Å². The molecule has 224 valence electrons. The van der Waals surface area contributed by atoms with Crippen LogP contribution in [-0.2, 0) is 32.6 Å². The highest BCUT2D eigenvalue weighted by molar-refractivity contribution is 7.92. The number of benzene rings is 4. The van der Waals surface area contributed by atoms with Crippen LogP contribution in [0.2, 0.25) is 0 Å². The van der Waals surface area contributed by atoms with Gasteiger partial charge in [0.15, 0.2) is 0 Å². The summed E-state index contributed by atoms with van der Waals surface area (Å²) in [6.07, 6.45) is 0.271. The van der Waals surface area contributed by atoms with Gasteiger partial charge in [0, 0.05) is 20.0 Å². The first-order chi connectivity index (χ1) is 20.6. The molecule has 0 aromatic heterocycles. The van der Waals surface area contributed by atoms with Gasteiger partial charge in [-0.05, 0) is 53.8 Å². The number of likely N-dealkylation sites (N-methyl/N-ethyl adjacent to an activating group) is 1. The molecular weight excluding hydrogens is 558 g/mol. The zero-order valence-corrected chi connectivity index (χ0v) is 25.9. The first kappa shape index (κ1) is 31.5. The quantitative estimate of drug-likeness (QED) is 0.227. The third-order valence-corrected chi connectivity index (χ3v) is 9.24. The molecule has 0 aliphatic rings. The van der Waals surface area contributed by atoms with Crippen molar-refractivity contribution in [3.63, 3.8) is 0 Å². The molecule has 8 heteroatoms. The highest BCUT2D eigenvalue weighted by atomic mass is 32.2. The predicted octanol–water partition coefficient (Wildman–Crippen LogP) is 5.70. The van der Waals surface area contributed by atoms with Gasteiger partial charge in [-0.2, -0.15) is 0 Å². The molecule has 43 heavy (non-hydrogen) atoms. The molecule has 0 aliphatic heterocycles. The van der Waals surface area contributed by atoms with Crippen molar-refractivity contribution in [1.82, 2.24) is 10.2 Å². The fourth-order valence-electron chi connectivity index (χ4n) is 4.89. The summed E-state index contributed by atoms with van der Waals surface area (Å²) in [6, 6.07) is 31.8. The van der Waals surface area contributed by atoms with E-state index in [0.29, 0.717) is 5.69 Å². The van der Waals surface area contributed by atoms with Crippen LogP contribution in [0.15, 0.2) is 114 Å². The molecule has 1 N–H and O–H groups in total. The smallest absolute Gasteiger partial charge is 0.264 e. The number of hydrogen-bond donors (Lipinski definition) is 1. The predicted molar refractivity (Wildman–Crippen MR) is 171 cm³/mol. The molecule has 0 spiro atoms. The third-order valence-electron chi connectivity index (χ3n) is 7.45. The molecule has 0 saturated heterocycles. The minimum absolute atomic E-state index is 0.0839. The number of anilines is 1. The van der Waals surface area contributed by atoms with E-state index in [1.54, 1.807) is 36.4 Å². The van der Waals surface area contributed by atoms with Crippen LogP contribution < -0.4 is 9.62 Å². The van der Waals surface area contributed by atoms with Crippen molar-refractivity contribution in [2.24, 2.45) is 0 Å². The van der Waals surface area contributed by atoms with Crippen LogP contribution in [0.1, 0.15) is 42.0 Å². The van der Waals surface area contributed by atoms with Crippen LogP contribution in [0, 0.1) is 6.92 Å². The molecule has 1 unspecified atom stereocenters. The Morgan fingerprint density at radius 2 is 1.33 bits per heavy atom. The minimum Gasteiger partial charge on any atom is -0.357 e. The summed E-state index contributed by atoms with van der Waals surface area (Å²) in [7, 11) is -2.59. The molecular formula is C35H39N3O4S. The van der Waals surface area contributed by atoms with Crippen LogP contribution in [-0.4, -0.2) is 44.8 Å². The molecule has 2 amide bonds. The number of rotatable bonds is 12. The molecule has 7 nitrogen and oxygen atoms in total. The zero-order valence-electron chi connectivity index (χ0n) is 25.1. The maximum Gasteiger partial charge on any atom is 0.264 e. The second kappa shape index (κ2) is 14.2. The highest BCUT2D eigenvalue weighted by Gasteiger charge is 2.34. The Morgan fingerprint density at radius 1 is 0.767 bits per heavy atom. The van der Waals surface area contributed by atoms with Crippen LogP contribution in [0.4, 0.5) is 5.69 Å². The van der Waals surface area contributed by atoms with E-state index in [9.17, 15) is 18.0 Å². The molecule has 4 rings (SSSR count). The Kier molecular flexibility index (Phi) is 10.4. The number of carbonyl (C=O) groups is 2. The van der Waals surface area contributed by atoms with E-state index in [1.807, 2.05) is 79.7 Å². The normalized spacial score (nSPS) is 12.0. The summed E-state index contributed by atoms with van der Waals surface area (Å²) in [6.45, 7) is 5.66. The Hall–Kier alpha value is -4.43. The summed E-state index contributed by atoms with van der Waals surface area (Å²) >= 11 is 0. The number of sulfonamides is 1. The van der Waals surface area contributed by atoms with Gasteiger partial charge in [0.25, 0.3) is 10.0 Å². The van der Waals surface area contributed by atoms with Gasteiger partial charge in [0.05, 0.1) is 10.6 Å². The topological polar surface area (TPSA) is 86.8 Å². The molecule has 0 fully saturated rings. The lowest BCUT2D eigenvalue weighted by atomic mass is 10.0. The average Bonchev–Trinajstić information content (AvgIpc) is 3.02. The van der Waals surface area contributed by atoms with Crippen LogP contribution in [0.25, 0.3) is 0 Å². The SMILES string of the molecule is CNC(=O)C(Cc1ccccc1)N(Cc1ccccc1)C(=O)CN(c1ccc(C(C)C)cc1)S(=O)(=O)c1ccc(C)cc1. The minimum atomic E-state index is -4.13. The van der Waals surface area contributed by atoms with Crippen molar-refractivity contribution in [1.29, 1.82) is 0 Å². The zero-order chi connectivity index (χ0) is 31.0. The molecule has 0 bridgehead atoms. The lowest BCUT2D eigenvalue weighted by Crippen LogP contribution is -2.53. The van der Waals surface area contributed by atoms with E-state index in [2.05, 4.69) is 19.2 Å². The number of nitrogens with one attached hydrogen (secondary N) is 1. The number of aryl methyl sites for hydroxylation is 1. The first-order valence-electron chi connectivity index (χ1n) is 14.4. The van der Waals surface area contributed by atoms with E-state index < -0.39 is 28.5 Å². The molecule has 0 radical (unpaired) electrons. The Bertz CT molecular complexity index is 1610. The Balaban J connectivity index is 1.78. The standard InChI is InChI=1S/C35H39N3O4S/c1-26(2)30-17-19-31(20-18-30)38(43(41,42)32-21-15-27(3)16-22-32)25-34(39)37(24-29-13-9-6-10-14-29)33(35(40)36-4)23-28-11-7-5-8-12-28/h5-22,26,33H,23-25H2,1-4H3,(H,36,40). The number of hydrogen-bond acceptors (Lipinski definition) is 4. The van der Waals surface area contributed by atoms with Crippen molar-refractivity contribution in [2.75, 3.05) is 17.9 Å². The fraction of sp³-hybridized carbons (Fsp3) is 0.257. The van der Waals surface area contributed by atoms with Crippen molar-refractivity contribution in [3.05, 3.63) is 131 Å². The maximum atomic E-state index is 14.3. The monoisotopic (exact) mass is 597 g/mol. The maximum absolute atomic E-state index is 14.3. The lowest BCUT2D eigenvalue weighted by Gasteiger charge is -2.33. The van der Waals surface area contributed by atoms with Gasteiger partial charge in [-0.3, -0.25) is 13.9 Å². The van der Waals surface area contributed by atoms with Gasteiger partial charge in [0.1, 0.15) is 12.6 Å². The Labute approximate surface area is 255 Å². The summed E-state index contributed by atoms with van der Waals surface area (Å²) < 4.78 is 29.4. The van der Waals surface area contributed by atoms with E-state index in [-0.39, 0.29) is 29.7 Å². The van der Waals surface area contributed by atoms with Gasteiger partial charge in [-0.25, -0.2) is 8.42 Å². The number of amides is 2. The van der Waals surface area contributed by atoms with Crippen LogP contribution in [0.3, 0.4) is 0 Å². The van der Waals surface area contributed by atoms with Crippen molar-refractivity contribution >= 4 is 27.5 Å². The highest BCUT2D eigenvalue weighted by Crippen LogP contribution is 2.27. The van der Waals surface area contributed by atoms with Crippen molar-refractivity contribution in [3.8, 4) is 0 Å². The molecule has 1 atom stereocenters. The summed E-state index contributed by atoms with van der Waals surface area (Å²) in [5.41, 5.74) is 4.06. The number of nitrogens with zero attached hydrogens (tertiary/aromatic N) is 2. The van der Waals surface area contributed by atoms with Gasteiger partial charge in [0.2, 0.25) is 11.8 Å². The number of carbonyl (C=O) groups excluding carboxylic acids is 2. The van der Waals surface area contributed by atoms with Gasteiger partial charge in [-0.1, -0.05) is 104 Å². The molecule has 0 aliphatic carbocycles. The molecule has 4 aromatic rings. The second-order valence-electron chi connectivity index (χ2n) is 10.9. The first-order valence-corrected chi connectivity index (χ1v) is 15.8. The van der Waals surface area contributed by atoms with Gasteiger partial charge >= 0.3 is 0 Å². The summed E-state index contributed by atoms with van der Waals surface area (Å²) in [5.74, 6) is -0.565. The lowest BCUT2D eigenvalue weighted by molar-refractivity contribution is -0.139. The van der Waals surface area contributed by atoms with Crippen molar-refractivity contribution < 1.29 is 18.0 Å². The van der Waals surface area contributed by atoms with Crippen molar-refractivity contribution in [2.45, 2.75) is 50.6 Å². The summed E-state index contributed by atoms with van der Waals surface area (Å²) in [5, 5.41) is 2.70. The summed E-state index contributed by atoms with van der Waals surface area (Å²) in [4.78, 5) is 29.2. The second-order valence-corrected chi connectivity index (χ2v) is 12.8. The molecule has 0 saturated carbocycles. The van der Waals surface area contributed by atoms with Crippen LogP contribution >= 0.6 is 0 Å². The van der Waals surface area contributed by atoms with Gasteiger partial charge < -0.3 is 10.2 Å². The van der Waals surface area contributed by atoms with E-state index >= 15 is 0 Å². The van der Waals surface area contributed by atoms with E-state index in [0.717, 1.165) is 26.6 Å².